The minimum atomic E-state index is -3.65. The Labute approximate surface area is 356 Å². The number of anilines is 2. The second-order valence-corrected chi connectivity index (χ2v) is 19.0. The van der Waals surface area contributed by atoms with Crippen LogP contribution >= 0.6 is 11.6 Å². The minimum absolute atomic E-state index is 0.104. The van der Waals surface area contributed by atoms with Crippen molar-refractivity contribution in [2.45, 2.75) is 69.4 Å². The number of hydrogen-bond acceptors (Lipinski definition) is 13. The van der Waals surface area contributed by atoms with Gasteiger partial charge in [-0.05, 0) is 105 Å². The van der Waals surface area contributed by atoms with Gasteiger partial charge in [-0.3, -0.25) is 34.4 Å². The maximum atomic E-state index is 13.0. The number of sulfonamides is 1. The lowest BCUT2D eigenvalue weighted by Crippen LogP contribution is -2.38. The van der Waals surface area contributed by atoms with E-state index in [1.54, 1.807) is 6.20 Å². The van der Waals surface area contributed by atoms with Crippen LogP contribution in [0.3, 0.4) is 0 Å². The lowest BCUT2D eigenvalue weighted by Gasteiger charge is -2.24. The first kappa shape index (κ1) is 39.6. The number of nitrogens with zero attached hydrogens (tertiary/aromatic N) is 6. The SMILES string of the molecule is Cc1c(-c2nc3cc4c(c([N+](=O)[O-])c3o2)CC[C@H]4N2CC[C@@H](C(=O)NS(=O)(=O)C3CC3)C2)cccc1-c1cccc(Nc2nccc3cc(CN4CC[C@@H](O)C4)cnc23)c1Cl. The van der Waals surface area contributed by atoms with Crippen molar-refractivity contribution in [1.82, 2.24) is 29.5 Å². The van der Waals surface area contributed by atoms with Crippen LogP contribution in [0.5, 0.6) is 0 Å². The van der Waals surface area contributed by atoms with Crippen molar-refractivity contribution in [2.75, 3.05) is 31.5 Å². The first-order valence-corrected chi connectivity index (χ1v) is 22.5. The topological polar surface area (TPSA) is 197 Å². The molecule has 3 N–H and O–H groups in total. The number of amides is 1. The van der Waals surface area contributed by atoms with Gasteiger partial charge in [-0.1, -0.05) is 35.9 Å². The summed E-state index contributed by atoms with van der Waals surface area (Å²) in [6.45, 7) is 5.08. The molecule has 3 fully saturated rings. The maximum absolute atomic E-state index is 13.0. The highest BCUT2D eigenvalue weighted by molar-refractivity contribution is 7.90. The normalized spacial score (nSPS) is 20.7. The predicted molar refractivity (Wildman–Crippen MR) is 231 cm³/mol. The van der Waals surface area contributed by atoms with E-state index < -0.39 is 32.0 Å². The molecule has 15 nitrogen and oxygen atoms in total. The van der Waals surface area contributed by atoms with Crippen molar-refractivity contribution < 1.29 is 27.7 Å². The highest BCUT2D eigenvalue weighted by Gasteiger charge is 2.42. The first-order chi connectivity index (χ1) is 29.4. The second kappa shape index (κ2) is 15.4. The number of benzene rings is 3. The summed E-state index contributed by atoms with van der Waals surface area (Å²) in [4.78, 5) is 43.8. The molecule has 1 amide bonds. The summed E-state index contributed by atoms with van der Waals surface area (Å²) in [7, 11) is -3.65. The molecule has 3 atom stereocenters. The number of carbonyl (C=O) groups is 1. The number of aromatic nitrogens is 3. The third-order valence-corrected chi connectivity index (χ3v) is 14.9. The number of nitro benzene ring substituents is 1. The Hall–Kier alpha value is -5.52. The Morgan fingerprint density at radius 2 is 1.82 bits per heavy atom. The van der Waals surface area contributed by atoms with Gasteiger partial charge in [0.05, 0.1) is 32.9 Å². The fourth-order valence-electron chi connectivity index (χ4n) is 9.38. The van der Waals surface area contributed by atoms with Gasteiger partial charge in [0.15, 0.2) is 5.82 Å². The van der Waals surface area contributed by atoms with Crippen LogP contribution in [0.1, 0.15) is 60.4 Å². The van der Waals surface area contributed by atoms with Crippen molar-refractivity contribution >= 4 is 66.7 Å². The smallest absolute Gasteiger partial charge is 0.317 e. The average Bonchev–Trinajstić information content (AvgIpc) is 3.49. The zero-order valence-electron chi connectivity index (χ0n) is 33.3. The van der Waals surface area contributed by atoms with Gasteiger partial charge in [-0.25, -0.2) is 18.4 Å². The summed E-state index contributed by atoms with van der Waals surface area (Å²) in [5.41, 5.74) is 7.18. The van der Waals surface area contributed by atoms with Gasteiger partial charge >= 0.3 is 5.69 Å². The molecule has 2 saturated heterocycles. The van der Waals surface area contributed by atoms with Crippen molar-refractivity contribution in [1.29, 1.82) is 0 Å². The Balaban J connectivity index is 0.919. The third kappa shape index (κ3) is 7.39. The first-order valence-electron chi connectivity index (χ1n) is 20.6. The Morgan fingerprint density at radius 3 is 2.61 bits per heavy atom. The maximum Gasteiger partial charge on any atom is 0.317 e. The molecule has 1 saturated carbocycles. The predicted octanol–water partition coefficient (Wildman–Crippen LogP) is 7.20. The average molecular weight is 863 g/mol. The molecule has 5 heterocycles. The number of nitrogens with one attached hydrogen (secondary N) is 2. The molecule has 0 radical (unpaired) electrons. The summed E-state index contributed by atoms with van der Waals surface area (Å²) in [6.07, 6.45) is 6.78. The standard InChI is InChI=1S/C44H43ClN8O7S/c1-24-30(32-6-3-7-35(38(32)45)48-42-39-26(12-15-46-42)18-25(20-47-39)21-51-16-14-28(54)23-51)4-2-5-31(24)44-49-36-19-34-33(40(53(56)57)41(36)60-44)10-11-37(34)52-17-13-27(22-52)43(55)50-61(58,59)29-8-9-29/h2-7,12,15,18-20,27-29,37,54H,8-11,13-14,16-17,21-23H2,1H3,(H,46,48)(H,50,55)/t27-,28-,37-/m1/s1. The molecule has 3 aromatic carbocycles. The van der Waals surface area contributed by atoms with E-state index >= 15 is 0 Å². The van der Waals surface area contributed by atoms with Gasteiger partial charge in [-0.15, -0.1) is 0 Å². The molecule has 2 aliphatic heterocycles. The number of fused-ring (bicyclic) bond motifs is 3. The number of likely N-dealkylation sites (tertiary alicyclic amines) is 2. The van der Waals surface area contributed by atoms with E-state index in [-0.39, 0.29) is 29.3 Å². The molecule has 2 aliphatic carbocycles. The van der Waals surface area contributed by atoms with Gasteiger partial charge in [0, 0.05) is 66.7 Å². The molecule has 0 unspecified atom stereocenters. The van der Waals surface area contributed by atoms with Crippen molar-refractivity contribution in [3.63, 3.8) is 0 Å². The molecule has 17 heteroatoms. The molecule has 0 spiro atoms. The molecular formula is C44H43ClN8O7S. The number of carbonyl (C=O) groups excluding carboxylic acids is 1. The van der Waals surface area contributed by atoms with Crippen LogP contribution in [0.15, 0.2) is 71.4 Å². The molecule has 314 valence electrons. The zero-order valence-corrected chi connectivity index (χ0v) is 34.9. The minimum Gasteiger partial charge on any atom is -0.429 e. The number of aliphatic hydroxyl groups excluding tert-OH is 1. The van der Waals surface area contributed by atoms with Gasteiger partial charge in [0.1, 0.15) is 11.0 Å². The Kier molecular flexibility index (Phi) is 10.0. The van der Waals surface area contributed by atoms with Crippen LogP contribution < -0.4 is 10.0 Å². The van der Waals surface area contributed by atoms with E-state index in [0.29, 0.717) is 97.0 Å². The second-order valence-electron chi connectivity index (χ2n) is 16.7. The Morgan fingerprint density at radius 1 is 1.02 bits per heavy atom. The molecule has 3 aromatic heterocycles. The lowest BCUT2D eigenvalue weighted by molar-refractivity contribution is -0.384. The summed E-state index contributed by atoms with van der Waals surface area (Å²) in [5, 5.41) is 27.0. The van der Waals surface area contributed by atoms with E-state index in [1.165, 1.54) is 0 Å². The lowest BCUT2D eigenvalue weighted by atomic mass is 9.96. The summed E-state index contributed by atoms with van der Waals surface area (Å²) in [5.74, 6) is -0.176. The fraction of sp³-hybridized carbons (Fsp3) is 0.364. The van der Waals surface area contributed by atoms with Crippen molar-refractivity contribution in [3.8, 4) is 22.6 Å². The number of oxazole rings is 1. The number of halogens is 1. The highest BCUT2D eigenvalue weighted by atomic mass is 35.5. The van der Waals surface area contributed by atoms with E-state index in [4.69, 9.17) is 26.0 Å². The molecule has 6 aromatic rings. The largest absolute Gasteiger partial charge is 0.429 e. The van der Waals surface area contributed by atoms with Crippen LogP contribution in [-0.4, -0.2) is 86.6 Å². The van der Waals surface area contributed by atoms with Crippen LogP contribution in [0.2, 0.25) is 5.02 Å². The fourth-order valence-corrected chi connectivity index (χ4v) is 11.0. The van der Waals surface area contributed by atoms with Gasteiger partial charge in [-0.2, -0.15) is 0 Å². The van der Waals surface area contributed by atoms with Crippen LogP contribution in [-0.2, 0) is 27.8 Å². The number of nitro groups is 1. The van der Waals surface area contributed by atoms with E-state index in [2.05, 4.69) is 30.9 Å². The molecule has 0 bridgehead atoms. The van der Waals surface area contributed by atoms with E-state index in [9.17, 15) is 28.4 Å². The van der Waals surface area contributed by atoms with Crippen molar-refractivity contribution in [2.24, 2.45) is 5.92 Å². The highest BCUT2D eigenvalue weighted by Crippen LogP contribution is 2.47. The number of aliphatic hydroxyl groups is 1. The molecular weight excluding hydrogens is 820 g/mol. The summed E-state index contributed by atoms with van der Waals surface area (Å²) < 4.78 is 33.5. The quantitative estimate of drug-likeness (QED) is 0.0874. The van der Waals surface area contributed by atoms with Gasteiger partial charge in [0.2, 0.25) is 27.4 Å². The molecule has 10 rings (SSSR count). The van der Waals surface area contributed by atoms with Crippen molar-refractivity contribution in [3.05, 3.63) is 104 Å². The zero-order chi connectivity index (χ0) is 42.2. The number of rotatable bonds is 11. The van der Waals surface area contributed by atoms with Crippen LogP contribution in [0.25, 0.3) is 44.6 Å². The molecule has 4 aliphatic rings. The van der Waals surface area contributed by atoms with E-state index in [0.717, 1.165) is 46.2 Å². The monoisotopic (exact) mass is 862 g/mol. The van der Waals surface area contributed by atoms with Gasteiger partial charge < -0.3 is 14.8 Å². The van der Waals surface area contributed by atoms with E-state index in [1.807, 2.05) is 61.7 Å². The number of β-amino-alcohol motifs (C(OH)–C–C–N with tert-alkyl or cyclic N) is 1. The summed E-state index contributed by atoms with van der Waals surface area (Å²) >= 11 is 7.16. The number of hydrogen-bond donors (Lipinski definition) is 3. The number of pyridine rings is 2. The van der Waals surface area contributed by atoms with Gasteiger partial charge in [0.25, 0.3) is 0 Å². The third-order valence-electron chi connectivity index (χ3n) is 12.7. The molecule has 61 heavy (non-hydrogen) atoms. The summed E-state index contributed by atoms with van der Waals surface area (Å²) in [6, 6.07) is 17.1. The van der Waals surface area contributed by atoms with Crippen LogP contribution in [0, 0.1) is 23.0 Å². The Bertz CT molecular complexity index is 2880. The van der Waals surface area contributed by atoms with Crippen LogP contribution in [0.4, 0.5) is 17.2 Å².